The number of nitrogens with zero attached hydrogens (tertiary/aromatic N) is 1. The number of amides is 1. The Morgan fingerprint density at radius 2 is 2.46 bits per heavy atom. The van der Waals surface area contributed by atoms with Crippen LogP contribution >= 0.6 is 11.8 Å². The highest BCUT2D eigenvalue weighted by atomic mass is 32.2. The normalized spacial score (nSPS) is 25.3. The summed E-state index contributed by atoms with van der Waals surface area (Å²) in [6.45, 7) is 2.57. The van der Waals surface area contributed by atoms with Gasteiger partial charge in [-0.3, -0.25) is 4.79 Å². The Bertz CT molecular complexity index is 186. The molecule has 1 rings (SSSR count). The quantitative estimate of drug-likeness (QED) is 0.732. The van der Waals surface area contributed by atoms with E-state index in [1.807, 2.05) is 6.92 Å². The van der Waals surface area contributed by atoms with E-state index in [2.05, 4.69) is 6.26 Å². The van der Waals surface area contributed by atoms with Gasteiger partial charge in [0, 0.05) is 12.6 Å². The molecule has 2 atom stereocenters. The summed E-state index contributed by atoms with van der Waals surface area (Å²) in [4.78, 5) is 13.1. The third kappa shape index (κ3) is 2.88. The van der Waals surface area contributed by atoms with Gasteiger partial charge < -0.3 is 10.0 Å². The molecule has 0 aromatic carbocycles. The van der Waals surface area contributed by atoms with E-state index >= 15 is 0 Å². The lowest BCUT2D eigenvalue weighted by molar-refractivity contribution is -0.129. The Kier molecular flexibility index (Phi) is 4.06. The Balaban J connectivity index is 2.38. The average Bonchev–Trinajstić information content (AvgIpc) is 2.41. The van der Waals surface area contributed by atoms with Gasteiger partial charge in [-0.25, -0.2) is 0 Å². The Hall–Kier alpha value is -0.220. The molecule has 0 bridgehead atoms. The highest BCUT2D eigenvalue weighted by molar-refractivity contribution is 7.98. The molecule has 4 heteroatoms. The second kappa shape index (κ2) is 4.86. The zero-order valence-electron chi connectivity index (χ0n) is 8.19. The Morgan fingerprint density at radius 1 is 1.77 bits per heavy atom. The molecule has 1 heterocycles. The molecule has 1 amide bonds. The Labute approximate surface area is 83.5 Å². The van der Waals surface area contributed by atoms with E-state index in [1.165, 1.54) is 0 Å². The minimum Gasteiger partial charge on any atom is -0.391 e. The number of hydrogen-bond donors (Lipinski definition) is 1. The van der Waals surface area contributed by atoms with E-state index < -0.39 is 6.10 Å². The molecule has 13 heavy (non-hydrogen) atoms. The van der Waals surface area contributed by atoms with Crippen molar-refractivity contribution in [3.8, 4) is 0 Å². The van der Waals surface area contributed by atoms with Gasteiger partial charge in [0.05, 0.1) is 12.5 Å². The summed E-state index contributed by atoms with van der Waals surface area (Å²) in [6.07, 6.45) is 2.94. The zero-order chi connectivity index (χ0) is 9.84. The van der Waals surface area contributed by atoms with E-state index in [1.54, 1.807) is 16.7 Å². The third-order valence-corrected chi connectivity index (χ3v) is 3.05. The van der Waals surface area contributed by atoms with Crippen LogP contribution in [0.2, 0.25) is 0 Å². The lowest BCUT2D eigenvalue weighted by Gasteiger charge is -2.23. The highest BCUT2D eigenvalue weighted by Gasteiger charge is 2.30. The molecule has 0 saturated carbocycles. The molecule has 2 unspecified atom stereocenters. The van der Waals surface area contributed by atoms with Gasteiger partial charge >= 0.3 is 0 Å². The van der Waals surface area contributed by atoms with Gasteiger partial charge in [0.2, 0.25) is 5.91 Å². The second-order valence-electron chi connectivity index (χ2n) is 3.53. The molecule has 0 aromatic rings. The van der Waals surface area contributed by atoms with Crippen LogP contribution < -0.4 is 0 Å². The van der Waals surface area contributed by atoms with E-state index in [9.17, 15) is 9.90 Å². The molecule has 3 nitrogen and oxygen atoms in total. The number of aliphatic hydroxyl groups is 1. The van der Waals surface area contributed by atoms with Crippen molar-refractivity contribution in [3.63, 3.8) is 0 Å². The van der Waals surface area contributed by atoms with Crippen LogP contribution in [0.25, 0.3) is 0 Å². The SMILES string of the molecule is CSCCC(C)N1CC(O)CC1=O. The number of β-amino-alcohol motifs (C(OH)–C–C–N with tert-alkyl or cyclic N) is 1. The van der Waals surface area contributed by atoms with Crippen LogP contribution in [0.3, 0.4) is 0 Å². The molecule has 0 spiro atoms. The van der Waals surface area contributed by atoms with Crippen LogP contribution in [0.5, 0.6) is 0 Å². The third-order valence-electron chi connectivity index (χ3n) is 2.41. The molecule has 0 aliphatic carbocycles. The molecule has 0 radical (unpaired) electrons. The van der Waals surface area contributed by atoms with Crippen molar-refractivity contribution >= 4 is 17.7 Å². The second-order valence-corrected chi connectivity index (χ2v) is 4.52. The molecule has 1 N–H and O–H groups in total. The Morgan fingerprint density at radius 3 is 2.92 bits per heavy atom. The predicted molar refractivity (Wildman–Crippen MR) is 54.8 cm³/mol. The average molecular weight is 203 g/mol. The largest absolute Gasteiger partial charge is 0.391 e. The fraction of sp³-hybridized carbons (Fsp3) is 0.889. The van der Waals surface area contributed by atoms with E-state index in [0.29, 0.717) is 13.0 Å². The highest BCUT2D eigenvalue weighted by Crippen LogP contribution is 2.17. The van der Waals surface area contributed by atoms with Gasteiger partial charge in [-0.1, -0.05) is 0 Å². The smallest absolute Gasteiger partial charge is 0.225 e. The summed E-state index contributed by atoms with van der Waals surface area (Å²) in [6, 6.07) is 0.275. The van der Waals surface area contributed by atoms with E-state index in [4.69, 9.17) is 0 Å². The standard InChI is InChI=1S/C9H17NO2S/c1-7(3-4-13-2)10-6-8(11)5-9(10)12/h7-8,11H,3-6H2,1-2H3. The van der Waals surface area contributed by atoms with Gasteiger partial charge in [-0.05, 0) is 25.4 Å². The summed E-state index contributed by atoms with van der Waals surface area (Å²) in [7, 11) is 0. The molecule has 76 valence electrons. The molecular weight excluding hydrogens is 186 g/mol. The number of carbonyl (C=O) groups excluding carboxylic acids is 1. The molecular formula is C9H17NO2S. The number of aliphatic hydroxyl groups excluding tert-OH is 1. The first-order chi connectivity index (χ1) is 6.15. The van der Waals surface area contributed by atoms with Gasteiger partial charge in [0.25, 0.3) is 0 Å². The van der Waals surface area contributed by atoms with Crippen LogP contribution in [-0.4, -0.2) is 46.6 Å². The number of likely N-dealkylation sites (tertiary alicyclic amines) is 1. The summed E-state index contributed by atoms with van der Waals surface area (Å²) in [5.41, 5.74) is 0. The lowest BCUT2D eigenvalue weighted by Crippen LogP contribution is -2.35. The fourth-order valence-corrected chi connectivity index (χ4v) is 2.16. The molecule has 1 aliphatic heterocycles. The van der Waals surface area contributed by atoms with Crippen molar-refractivity contribution in [1.29, 1.82) is 0 Å². The number of hydrogen-bond acceptors (Lipinski definition) is 3. The summed E-state index contributed by atoms with van der Waals surface area (Å²) in [5, 5.41) is 9.28. The van der Waals surface area contributed by atoms with Crippen molar-refractivity contribution in [3.05, 3.63) is 0 Å². The first-order valence-electron chi connectivity index (χ1n) is 4.61. The van der Waals surface area contributed by atoms with Gasteiger partial charge in [-0.15, -0.1) is 0 Å². The van der Waals surface area contributed by atoms with Gasteiger partial charge in [-0.2, -0.15) is 11.8 Å². The molecule has 1 fully saturated rings. The van der Waals surface area contributed by atoms with Crippen LogP contribution in [0.1, 0.15) is 19.8 Å². The summed E-state index contributed by atoms with van der Waals surface area (Å²) in [5.74, 6) is 1.17. The van der Waals surface area contributed by atoms with Crippen molar-refractivity contribution in [1.82, 2.24) is 4.90 Å². The first-order valence-corrected chi connectivity index (χ1v) is 6.01. The van der Waals surface area contributed by atoms with E-state index in [0.717, 1.165) is 12.2 Å². The number of thioether (sulfide) groups is 1. The van der Waals surface area contributed by atoms with Crippen LogP contribution in [0.15, 0.2) is 0 Å². The maximum Gasteiger partial charge on any atom is 0.225 e. The molecule has 1 aliphatic rings. The number of rotatable bonds is 4. The first kappa shape index (κ1) is 10.9. The van der Waals surface area contributed by atoms with Crippen LogP contribution in [-0.2, 0) is 4.79 Å². The zero-order valence-corrected chi connectivity index (χ0v) is 9.01. The molecule has 0 aromatic heterocycles. The van der Waals surface area contributed by atoms with Crippen molar-refractivity contribution < 1.29 is 9.90 Å². The predicted octanol–water partition coefficient (Wildman–Crippen LogP) is 0.721. The minimum atomic E-state index is -0.441. The van der Waals surface area contributed by atoms with Crippen molar-refractivity contribution in [2.24, 2.45) is 0 Å². The van der Waals surface area contributed by atoms with Crippen molar-refractivity contribution in [2.45, 2.75) is 31.9 Å². The maximum absolute atomic E-state index is 11.3. The minimum absolute atomic E-state index is 0.0982. The monoisotopic (exact) mass is 203 g/mol. The van der Waals surface area contributed by atoms with Gasteiger partial charge in [0.15, 0.2) is 0 Å². The maximum atomic E-state index is 11.3. The van der Waals surface area contributed by atoms with E-state index in [-0.39, 0.29) is 11.9 Å². The topological polar surface area (TPSA) is 40.5 Å². The van der Waals surface area contributed by atoms with Gasteiger partial charge in [0.1, 0.15) is 0 Å². The summed E-state index contributed by atoms with van der Waals surface area (Å²) >= 11 is 1.79. The fourth-order valence-electron chi connectivity index (χ4n) is 1.58. The summed E-state index contributed by atoms with van der Waals surface area (Å²) < 4.78 is 0. The molecule has 1 saturated heterocycles. The number of carbonyl (C=O) groups is 1. The van der Waals surface area contributed by atoms with Crippen LogP contribution in [0.4, 0.5) is 0 Å². The lowest BCUT2D eigenvalue weighted by atomic mass is 10.2. The van der Waals surface area contributed by atoms with Crippen LogP contribution in [0, 0.1) is 0 Å². The van der Waals surface area contributed by atoms with Crippen molar-refractivity contribution in [2.75, 3.05) is 18.6 Å².